The number of methoxy groups -OCH3 is 2. The highest BCUT2D eigenvalue weighted by Crippen LogP contribution is 2.24. The first-order chi connectivity index (χ1) is 8.13. The summed E-state index contributed by atoms with van der Waals surface area (Å²) in [5, 5.41) is 0. The zero-order valence-corrected chi connectivity index (χ0v) is 9.97. The van der Waals surface area contributed by atoms with Gasteiger partial charge >= 0.3 is 0 Å². The molecule has 0 aromatic heterocycles. The highest BCUT2D eigenvalue weighted by Gasteiger charge is 2.28. The third-order valence-electron chi connectivity index (χ3n) is 2.80. The number of likely N-dealkylation sites (tertiary alicyclic amines) is 1. The average molecular weight is 236 g/mol. The summed E-state index contributed by atoms with van der Waals surface area (Å²) >= 11 is 0. The first kappa shape index (κ1) is 11.7. The molecule has 1 aliphatic heterocycles. The van der Waals surface area contributed by atoms with E-state index in [4.69, 9.17) is 15.2 Å². The monoisotopic (exact) mass is 236 g/mol. The molecule has 1 saturated heterocycles. The van der Waals surface area contributed by atoms with Crippen molar-refractivity contribution in [2.45, 2.75) is 6.04 Å². The number of rotatable bonds is 3. The van der Waals surface area contributed by atoms with Gasteiger partial charge in [-0.2, -0.15) is 0 Å². The van der Waals surface area contributed by atoms with Crippen LogP contribution in [0.1, 0.15) is 10.4 Å². The highest BCUT2D eigenvalue weighted by molar-refractivity contribution is 5.95. The van der Waals surface area contributed by atoms with E-state index in [1.807, 2.05) is 0 Å². The fourth-order valence-electron chi connectivity index (χ4n) is 1.79. The van der Waals surface area contributed by atoms with Crippen molar-refractivity contribution >= 4 is 5.91 Å². The SMILES string of the molecule is COc1cc(OC)cc(C(=O)N2CC(N)C2)c1. The van der Waals surface area contributed by atoms with Crippen LogP contribution in [-0.4, -0.2) is 44.2 Å². The lowest BCUT2D eigenvalue weighted by Gasteiger charge is -2.36. The maximum atomic E-state index is 12.1. The van der Waals surface area contributed by atoms with Crippen molar-refractivity contribution in [3.63, 3.8) is 0 Å². The molecule has 1 aliphatic rings. The Bertz CT molecular complexity index is 406. The van der Waals surface area contributed by atoms with Gasteiger partial charge in [-0.25, -0.2) is 0 Å². The minimum Gasteiger partial charge on any atom is -0.497 e. The Morgan fingerprint density at radius 1 is 1.24 bits per heavy atom. The van der Waals surface area contributed by atoms with Crippen molar-refractivity contribution < 1.29 is 14.3 Å². The average Bonchev–Trinajstić information content (AvgIpc) is 2.33. The molecule has 1 heterocycles. The van der Waals surface area contributed by atoms with Crippen LogP contribution in [-0.2, 0) is 0 Å². The zero-order chi connectivity index (χ0) is 12.4. The highest BCUT2D eigenvalue weighted by atomic mass is 16.5. The summed E-state index contributed by atoms with van der Waals surface area (Å²) in [6, 6.07) is 5.24. The Hall–Kier alpha value is -1.75. The van der Waals surface area contributed by atoms with Gasteiger partial charge in [-0.05, 0) is 12.1 Å². The smallest absolute Gasteiger partial charge is 0.254 e. The van der Waals surface area contributed by atoms with Crippen LogP contribution in [0.4, 0.5) is 0 Å². The topological polar surface area (TPSA) is 64.8 Å². The van der Waals surface area contributed by atoms with E-state index in [9.17, 15) is 4.79 Å². The first-order valence-electron chi connectivity index (χ1n) is 5.42. The fraction of sp³-hybridized carbons (Fsp3) is 0.417. The van der Waals surface area contributed by atoms with Gasteiger partial charge in [-0.15, -0.1) is 0 Å². The first-order valence-corrected chi connectivity index (χ1v) is 5.42. The van der Waals surface area contributed by atoms with E-state index in [1.54, 1.807) is 37.3 Å². The Morgan fingerprint density at radius 3 is 2.18 bits per heavy atom. The summed E-state index contributed by atoms with van der Waals surface area (Å²) in [6.45, 7) is 1.22. The molecule has 0 unspecified atom stereocenters. The molecule has 1 fully saturated rings. The molecule has 0 spiro atoms. The van der Waals surface area contributed by atoms with Gasteiger partial charge in [-0.3, -0.25) is 4.79 Å². The summed E-state index contributed by atoms with van der Waals surface area (Å²) in [7, 11) is 3.12. The Kier molecular flexibility index (Phi) is 3.19. The van der Waals surface area contributed by atoms with Gasteiger partial charge in [0, 0.05) is 30.8 Å². The number of ether oxygens (including phenoxy) is 2. The molecule has 0 aliphatic carbocycles. The van der Waals surface area contributed by atoms with E-state index in [0.717, 1.165) is 0 Å². The van der Waals surface area contributed by atoms with Gasteiger partial charge in [0.2, 0.25) is 0 Å². The van der Waals surface area contributed by atoms with Gasteiger partial charge in [0.05, 0.1) is 14.2 Å². The second-order valence-electron chi connectivity index (χ2n) is 4.07. The normalized spacial score (nSPS) is 15.4. The van der Waals surface area contributed by atoms with Crippen molar-refractivity contribution in [3.8, 4) is 11.5 Å². The minimum absolute atomic E-state index is 0.0381. The van der Waals surface area contributed by atoms with Crippen LogP contribution in [0.15, 0.2) is 18.2 Å². The summed E-state index contributed by atoms with van der Waals surface area (Å²) in [4.78, 5) is 13.8. The molecule has 2 rings (SSSR count). The van der Waals surface area contributed by atoms with Crippen LogP contribution < -0.4 is 15.2 Å². The van der Waals surface area contributed by atoms with E-state index >= 15 is 0 Å². The number of carbonyl (C=O) groups excluding carboxylic acids is 1. The lowest BCUT2D eigenvalue weighted by Crippen LogP contribution is -2.57. The summed E-state index contributed by atoms with van der Waals surface area (Å²) in [5.41, 5.74) is 6.22. The zero-order valence-electron chi connectivity index (χ0n) is 9.97. The summed E-state index contributed by atoms with van der Waals surface area (Å²) in [6.07, 6.45) is 0. The molecule has 1 amide bonds. The number of hydrogen-bond acceptors (Lipinski definition) is 4. The predicted molar refractivity (Wildman–Crippen MR) is 63.4 cm³/mol. The standard InChI is InChI=1S/C12H16N2O3/c1-16-10-3-8(4-11(5-10)17-2)12(15)14-6-9(13)7-14/h3-5,9H,6-7,13H2,1-2H3. The Labute approximate surface area is 100 Å². The second kappa shape index (κ2) is 4.63. The van der Waals surface area contributed by atoms with E-state index in [0.29, 0.717) is 30.2 Å². The maximum Gasteiger partial charge on any atom is 0.254 e. The molecule has 0 saturated carbocycles. The fourth-order valence-corrected chi connectivity index (χ4v) is 1.79. The number of carbonyl (C=O) groups is 1. The van der Waals surface area contributed by atoms with E-state index in [-0.39, 0.29) is 11.9 Å². The molecule has 0 bridgehead atoms. The number of benzene rings is 1. The third kappa shape index (κ3) is 2.34. The van der Waals surface area contributed by atoms with Crippen molar-refractivity contribution in [1.29, 1.82) is 0 Å². The van der Waals surface area contributed by atoms with Gasteiger partial charge in [0.25, 0.3) is 5.91 Å². The van der Waals surface area contributed by atoms with Gasteiger partial charge in [0.15, 0.2) is 0 Å². The summed E-state index contributed by atoms with van der Waals surface area (Å²) in [5.74, 6) is 1.18. The maximum absolute atomic E-state index is 12.1. The molecule has 92 valence electrons. The van der Waals surface area contributed by atoms with Crippen LogP contribution in [0.25, 0.3) is 0 Å². The molecular weight excluding hydrogens is 220 g/mol. The van der Waals surface area contributed by atoms with Gasteiger partial charge < -0.3 is 20.1 Å². The van der Waals surface area contributed by atoms with E-state index in [2.05, 4.69) is 0 Å². The van der Waals surface area contributed by atoms with E-state index < -0.39 is 0 Å². The van der Waals surface area contributed by atoms with Crippen molar-refractivity contribution in [2.75, 3.05) is 27.3 Å². The lowest BCUT2D eigenvalue weighted by molar-refractivity contribution is 0.0607. The molecule has 5 heteroatoms. The molecule has 0 atom stereocenters. The molecule has 0 radical (unpaired) electrons. The van der Waals surface area contributed by atoms with Gasteiger partial charge in [0.1, 0.15) is 11.5 Å². The van der Waals surface area contributed by atoms with Crippen molar-refractivity contribution in [3.05, 3.63) is 23.8 Å². The van der Waals surface area contributed by atoms with E-state index in [1.165, 1.54) is 0 Å². The largest absolute Gasteiger partial charge is 0.497 e. The molecule has 1 aromatic carbocycles. The Balaban J connectivity index is 2.22. The number of nitrogens with two attached hydrogens (primary N) is 1. The molecule has 1 aromatic rings. The second-order valence-corrected chi connectivity index (χ2v) is 4.07. The van der Waals surface area contributed by atoms with Crippen molar-refractivity contribution in [2.24, 2.45) is 5.73 Å². The predicted octanol–water partition coefficient (Wildman–Crippen LogP) is 0.487. The quantitative estimate of drug-likeness (QED) is 0.829. The van der Waals surface area contributed by atoms with Crippen LogP contribution in [0.3, 0.4) is 0 Å². The molecule has 5 nitrogen and oxygen atoms in total. The van der Waals surface area contributed by atoms with Crippen LogP contribution >= 0.6 is 0 Å². The molecular formula is C12H16N2O3. The minimum atomic E-state index is -0.0381. The van der Waals surface area contributed by atoms with Crippen LogP contribution in [0, 0.1) is 0 Å². The van der Waals surface area contributed by atoms with Crippen molar-refractivity contribution in [1.82, 2.24) is 4.90 Å². The molecule has 2 N–H and O–H groups in total. The number of nitrogens with zero attached hydrogens (tertiary/aromatic N) is 1. The molecule has 17 heavy (non-hydrogen) atoms. The van der Waals surface area contributed by atoms with Crippen LogP contribution in [0.2, 0.25) is 0 Å². The van der Waals surface area contributed by atoms with Crippen LogP contribution in [0.5, 0.6) is 11.5 Å². The lowest BCUT2D eigenvalue weighted by atomic mass is 10.1. The third-order valence-corrected chi connectivity index (χ3v) is 2.80. The summed E-state index contributed by atoms with van der Waals surface area (Å²) < 4.78 is 10.2. The Morgan fingerprint density at radius 2 is 1.76 bits per heavy atom. The van der Waals surface area contributed by atoms with Gasteiger partial charge in [-0.1, -0.05) is 0 Å². The number of amides is 1. The number of hydrogen-bond donors (Lipinski definition) is 1.